The maximum absolute atomic E-state index is 12.6. The van der Waals surface area contributed by atoms with Crippen LogP contribution in [0.15, 0.2) is 30.6 Å². The van der Waals surface area contributed by atoms with E-state index in [1.807, 2.05) is 24.3 Å². The number of benzene rings is 1. The first-order valence-electron chi connectivity index (χ1n) is 7.89. The molecule has 0 spiro atoms. The maximum Gasteiger partial charge on any atom is 0.244 e. The van der Waals surface area contributed by atoms with Crippen molar-refractivity contribution < 1.29 is 14.6 Å². The number of aromatic nitrogens is 4. The molecule has 2 aromatic rings. The third-order valence-electron chi connectivity index (χ3n) is 4.59. The summed E-state index contributed by atoms with van der Waals surface area (Å²) in [6.07, 6.45) is 3.02. The monoisotopic (exact) mass is 331 g/mol. The second-order valence-corrected chi connectivity index (χ2v) is 6.13. The average molecular weight is 331 g/mol. The van der Waals surface area contributed by atoms with E-state index in [9.17, 15) is 9.90 Å². The van der Waals surface area contributed by atoms with Crippen LogP contribution in [0.25, 0.3) is 0 Å². The number of hydrogen-bond donors (Lipinski definition) is 1. The largest absolute Gasteiger partial charge is 0.497 e. The van der Waals surface area contributed by atoms with Gasteiger partial charge in [-0.3, -0.25) is 4.79 Å². The molecular formula is C16H21N5O3. The van der Waals surface area contributed by atoms with Crippen LogP contribution < -0.4 is 4.74 Å². The Kier molecular flexibility index (Phi) is 4.48. The van der Waals surface area contributed by atoms with Crippen molar-refractivity contribution in [3.05, 3.63) is 36.2 Å². The van der Waals surface area contributed by atoms with Crippen LogP contribution in [0.1, 0.15) is 25.3 Å². The summed E-state index contributed by atoms with van der Waals surface area (Å²) >= 11 is 0. The number of nitrogens with zero attached hydrogens (tertiary/aromatic N) is 5. The Balaban J connectivity index is 1.78. The fourth-order valence-electron chi connectivity index (χ4n) is 3.25. The van der Waals surface area contributed by atoms with Gasteiger partial charge in [-0.2, -0.15) is 0 Å². The van der Waals surface area contributed by atoms with Gasteiger partial charge in [-0.05, 0) is 47.9 Å². The van der Waals surface area contributed by atoms with E-state index >= 15 is 0 Å². The molecule has 0 radical (unpaired) electrons. The highest BCUT2D eigenvalue weighted by molar-refractivity contribution is 5.76. The zero-order valence-electron chi connectivity index (χ0n) is 13.8. The quantitative estimate of drug-likeness (QED) is 0.861. The number of carbonyl (C=O) groups is 1. The van der Waals surface area contributed by atoms with Crippen molar-refractivity contribution in [1.82, 2.24) is 25.1 Å². The van der Waals surface area contributed by atoms with Gasteiger partial charge in [0.1, 0.15) is 24.2 Å². The van der Waals surface area contributed by atoms with Crippen molar-refractivity contribution in [1.29, 1.82) is 0 Å². The molecule has 1 fully saturated rings. The molecule has 24 heavy (non-hydrogen) atoms. The number of methoxy groups -OCH3 is 1. The zero-order chi connectivity index (χ0) is 17.2. The standard InChI is InChI=1S/C16H21N5O3/c1-16(23,12-5-7-13(24-2)8-6-12)14-4-3-9-21(14)15(22)10-20-11-17-18-19-20/h5-8,11,14,23H,3-4,9-10H2,1-2H3/t14-,16+/m0/s1. The van der Waals surface area contributed by atoms with Gasteiger partial charge in [0.05, 0.1) is 13.2 Å². The third-order valence-corrected chi connectivity index (χ3v) is 4.59. The molecule has 1 aromatic carbocycles. The summed E-state index contributed by atoms with van der Waals surface area (Å²) in [7, 11) is 1.60. The summed E-state index contributed by atoms with van der Waals surface area (Å²) < 4.78 is 6.55. The highest BCUT2D eigenvalue weighted by Crippen LogP contribution is 2.35. The molecule has 0 unspecified atom stereocenters. The van der Waals surface area contributed by atoms with E-state index in [1.165, 1.54) is 11.0 Å². The number of tetrazole rings is 1. The van der Waals surface area contributed by atoms with E-state index in [2.05, 4.69) is 15.5 Å². The molecule has 2 heterocycles. The number of hydrogen-bond acceptors (Lipinski definition) is 6. The van der Waals surface area contributed by atoms with Gasteiger partial charge in [-0.1, -0.05) is 12.1 Å². The van der Waals surface area contributed by atoms with Gasteiger partial charge in [-0.25, -0.2) is 4.68 Å². The Morgan fingerprint density at radius 1 is 1.42 bits per heavy atom. The van der Waals surface area contributed by atoms with Gasteiger partial charge in [0, 0.05) is 6.54 Å². The molecule has 3 rings (SSSR count). The van der Waals surface area contributed by atoms with Crippen molar-refractivity contribution in [2.45, 2.75) is 38.0 Å². The second-order valence-electron chi connectivity index (χ2n) is 6.13. The minimum absolute atomic E-state index is 0.0716. The lowest BCUT2D eigenvalue weighted by molar-refractivity contribution is -0.138. The Bertz CT molecular complexity index is 684. The highest BCUT2D eigenvalue weighted by Gasteiger charge is 2.42. The normalized spacial score (nSPS) is 20.0. The van der Waals surface area contributed by atoms with Crippen LogP contribution in [-0.4, -0.2) is 55.8 Å². The smallest absolute Gasteiger partial charge is 0.244 e. The Morgan fingerprint density at radius 2 is 2.17 bits per heavy atom. The summed E-state index contributed by atoms with van der Waals surface area (Å²) in [5.74, 6) is 0.631. The molecule has 8 nitrogen and oxygen atoms in total. The van der Waals surface area contributed by atoms with E-state index in [1.54, 1.807) is 18.9 Å². The predicted molar refractivity (Wildman–Crippen MR) is 85.1 cm³/mol. The molecular weight excluding hydrogens is 310 g/mol. The summed E-state index contributed by atoms with van der Waals surface area (Å²) in [6.45, 7) is 2.45. The van der Waals surface area contributed by atoms with Gasteiger partial charge in [0.25, 0.3) is 0 Å². The minimum Gasteiger partial charge on any atom is -0.497 e. The first-order chi connectivity index (χ1) is 11.5. The molecule has 0 aliphatic carbocycles. The lowest BCUT2D eigenvalue weighted by atomic mass is 9.86. The molecule has 1 aliphatic rings. The first kappa shape index (κ1) is 16.4. The number of carbonyl (C=O) groups excluding carboxylic acids is 1. The van der Waals surface area contributed by atoms with Crippen LogP contribution in [-0.2, 0) is 16.9 Å². The molecule has 1 N–H and O–H groups in total. The van der Waals surface area contributed by atoms with Crippen molar-refractivity contribution in [3.8, 4) is 5.75 Å². The molecule has 1 saturated heterocycles. The SMILES string of the molecule is COc1ccc([C@@](C)(O)[C@@H]2CCCN2C(=O)Cn2cnnn2)cc1. The van der Waals surface area contributed by atoms with Crippen LogP contribution in [0.3, 0.4) is 0 Å². The number of ether oxygens (including phenoxy) is 1. The fourth-order valence-corrected chi connectivity index (χ4v) is 3.25. The maximum atomic E-state index is 12.6. The third kappa shape index (κ3) is 3.09. The van der Waals surface area contributed by atoms with Gasteiger partial charge in [0.2, 0.25) is 5.91 Å². The lowest BCUT2D eigenvalue weighted by Crippen LogP contribution is -2.49. The molecule has 0 saturated carbocycles. The van der Waals surface area contributed by atoms with Crippen molar-refractivity contribution in [2.24, 2.45) is 0 Å². The van der Waals surface area contributed by atoms with Gasteiger partial charge in [0.15, 0.2) is 0 Å². The Hall–Kier alpha value is -2.48. The van der Waals surface area contributed by atoms with E-state index in [0.29, 0.717) is 6.54 Å². The predicted octanol–water partition coefficient (Wildman–Crippen LogP) is 0.580. The first-order valence-corrected chi connectivity index (χ1v) is 7.89. The number of amides is 1. The van der Waals surface area contributed by atoms with Crippen LogP contribution in [0.5, 0.6) is 5.75 Å². The van der Waals surface area contributed by atoms with Gasteiger partial charge in [-0.15, -0.1) is 5.10 Å². The molecule has 128 valence electrons. The van der Waals surface area contributed by atoms with E-state index in [4.69, 9.17) is 4.74 Å². The highest BCUT2D eigenvalue weighted by atomic mass is 16.5. The van der Waals surface area contributed by atoms with Crippen molar-refractivity contribution >= 4 is 5.91 Å². The lowest BCUT2D eigenvalue weighted by Gasteiger charge is -2.37. The summed E-state index contributed by atoms with van der Waals surface area (Å²) in [6, 6.07) is 7.01. The summed E-state index contributed by atoms with van der Waals surface area (Å²) in [5.41, 5.74) is -0.380. The van der Waals surface area contributed by atoms with Crippen molar-refractivity contribution in [3.63, 3.8) is 0 Å². The molecule has 0 bridgehead atoms. The molecule has 8 heteroatoms. The van der Waals surface area contributed by atoms with Crippen LogP contribution in [0.4, 0.5) is 0 Å². The number of aliphatic hydroxyl groups is 1. The van der Waals surface area contributed by atoms with E-state index in [-0.39, 0.29) is 18.5 Å². The molecule has 1 amide bonds. The summed E-state index contributed by atoms with van der Waals surface area (Å²) in [5, 5.41) is 21.9. The zero-order valence-corrected chi connectivity index (χ0v) is 13.8. The van der Waals surface area contributed by atoms with Crippen LogP contribution in [0.2, 0.25) is 0 Å². The average Bonchev–Trinajstić information content (AvgIpc) is 3.26. The topological polar surface area (TPSA) is 93.4 Å². The van der Waals surface area contributed by atoms with E-state index in [0.717, 1.165) is 24.2 Å². The molecule has 2 atom stereocenters. The Labute approximate surface area is 140 Å². The van der Waals surface area contributed by atoms with Gasteiger partial charge >= 0.3 is 0 Å². The molecule has 1 aromatic heterocycles. The Morgan fingerprint density at radius 3 is 2.79 bits per heavy atom. The number of likely N-dealkylation sites (tertiary alicyclic amines) is 1. The van der Waals surface area contributed by atoms with Crippen LogP contribution in [0, 0.1) is 0 Å². The summed E-state index contributed by atoms with van der Waals surface area (Å²) in [4.78, 5) is 14.3. The van der Waals surface area contributed by atoms with Crippen LogP contribution >= 0.6 is 0 Å². The van der Waals surface area contributed by atoms with E-state index < -0.39 is 5.60 Å². The van der Waals surface area contributed by atoms with Crippen molar-refractivity contribution in [2.75, 3.05) is 13.7 Å². The van der Waals surface area contributed by atoms with Gasteiger partial charge < -0.3 is 14.7 Å². The molecule has 1 aliphatic heterocycles. The number of rotatable bonds is 5. The second kappa shape index (κ2) is 6.56. The minimum atomic E-state index is -1.14. The fraction of sp³-hybridized carbons (Fsp3) is 0.500.